The van der Waals surface area contributed by atoms with E-state index >= 15 is 0 Å². The zero-order chi connectivity index (χ0) is 28.9. The second-order valence-electron chi connectivity index (χ2n) is 9.39. The van der Waals surface area contributed by atoms with Gasteiger partial charge in [0.05, 0.1) is 17.7 Å². The van der Waals surface area contributed by atoms with E-state index in [9.17, 15) is 14.0 Å². The van der Waals surface area contributed by atoms with Gasteiger partial charge in [-0.15, -0.1) is 11.3 Å². The predicted molar refractivity (Wildman–Crippen MR) is 167 cm³/mol. The summed E-state index contributed by atoms with van der Waals surface area (Å²) in [4.78, 5) is 32.3. The Labute approximate surface area is 249 Å². The molecule has 6 aromatic rings. The molecule has 0 fully saturated rings. The number of nitrogens with zero attached hydrogens (tertiary/aromatic N) is 2. The lowest BCUT2D eigenvalue weighted by molar-refractivity contribution is -0.113. The summed E-state index contributed by atoms with van der Waals surface area (Å²) in [7, 11) is 0. The van der Waals surface area contributed by atoms with Crippen molar-refractivity contribution in [3.05, 3.63) is 136 Å². The van der Waals surface area contributed by atoms with Crippen LogP contribution in [-0.4, -0.2) is 21.2 Å². The Hall–Kier alpha value is -4.73. The summed E-state index contributed by atoms with van der Waals surface area (Å²) in [6.45, 7) is 0.296. The number of ether oxygens (including phenoxy) is 1. The van der Waals surface area contributed by atoms with Crippen LogP contribution >= 0.6 is 23.1 Å². The quantitative estimate of drug-likeness (QED) is 0.137. The van der Waals surface area contributed by atoms with E-state index in [0.717, 1.165) is 11.1 Å². The first kappa shape index (κ1) is 27.4. The molecular formula is C33H24FN3O3S2. The summed E-state index contributed by atoms with van der Waals surface area (Å²) in [6.07, 6.45) is 0. The number of hydrogen-bond acceptors (Lipinski definition) is 6. The van der Waals surface area contributed by atoms with Crippen LogP contribution in [0.5, 0.6) is 11.5 Å². The molecule has 0 unspecified atom stereocenters. The molecule has 0 radical (unpaired) electrons. The van der Waals surface area contributed by atoms with Crippen molar-refractivity contribution in [3.63, 3.8) is 0 Å². The Balaban J connectivity index is 1.25. The molecule has 1 amide bonds. The lowest BCUT2D eigenvalue weighted by Crippen LogP contribution is -2.24. The van der Waals surface area contributed by atoms with Crippen LogP contribution in [0.3, 0.4) is 0 Å². The van der Waals surface area contributed by atoms with Crippen molar-refractivity contribution in [1.29, 1.82) is 0 Å². The number of carbonyl (C=O) groups is 1. The van der Waals surface area contributed by atoms with Crippen molar-refractivity contribution in [2.24, 2.45) is 0 Å². The molecule has 0 aliphatic carbocycles. The maximum Gasteiger partial charge on any atom is 0.263 e. The lowest BCUT2D eigenvalue weighted by atomic mass is 10.1. The van der Waals surface area contributed by atoms with Gasteiger partial charge in [0.15, 0.2) is 5.16 Å². The standard InChI is InChI=1S/C33H24FN3O3S2/c34-24-16-14-23(15-17-24)28-20-41-31-30(28)32(39)37(19-22-8-3-1-4-9-22)33(36-31)42-21-29(38)35-25-10-7-13-27(18-25)40-26-11-5-2-6-12-26/h1-18,20H,19,21H2,(H,35,38). The third-order valence-electron chi connectivity index (χ3n) is 6.43. The maximum absolute atomic E-state index is 13.9. The molecule has 208 valence electrons. The Kier molecular flexibility index (Phi) is 8.12. The van der Waals surface area contributed by atoms with Gasteiger partial charge in [-0.2, -0.15) is 0 Å². The Bertz CT molecular complexity index is 1910. The molecule has 0 saturated carbocycles. The third kappa shape index (κ3) is 6.27. The number of carbonyl (C=O) groups excluding carboxylic acids is 1. The van der Waals surface area contributed by atoms with Crippen LogP contribution in [0.25, 0.3) is 21.3 Å². The molecule has 0 bridgehead atoms. The topological polar surface area (TPSA) is 73.2 Å². The number of rotatable bonds is 9. The SMILES string of the molecule is O=C(CSc1nc2scc(-c3ccc(F)cc3)c2c(=O)n1Cc1ccccc1)Nc1cccc(Oc2ccccc2)c1. The first-order chi connectivity index (χ1) is 20.5. The highest BCUT2D eigenvalue weighted by atomic mass is 32.2. The second-order valence-corrected chi connectivity index (χ2v) is 11.2. The summed E-state index contributed by atoms with van der Waals surface area (Å²) in [5.41, 5.74) is 2.77. The van der Waals surface area contributed by atoms with Gasteiger partial charge in [-0.1, -0.05) is 78.5 Å². The van der Waals surface area contributed by atoms with E-state index in [1.807, 2.05) is 78.2 Å². The summed E-state index contributed by atoms with van der Waals surface area (Å²) < 4.78 is 21.0. The lowest BCUT2D eigenvalue weighted by Gasteiger charge is -2.13. The number of halogens is 1. The van der Waals surface area contributed by atoms with Gasteiger partial charge in [-0.25, -0.2) is 9.37 Å². The fourth-order valence-electron chi connectivity index (χ4n) is 4.45. The van der Waals surface area contributed by atoms with E-state index in [4.69, 9.17) is 9.72 Å². The molecular weight excluding hydrogens is 570 g/mol. The van der Waals surface area contributed by atoms with E-state index < -0.39 is 0 Å². The van der Waals surface area contributed by atoms with Crippen molar-refractivity contribution >= 4 is 44.9 Å². The zero-order valence-electron chi connectivity index (χ0n) is 22.2. The van der Waals surface area contributed by atoms with Crippen LogP contribution in [0.2, 0.25) is 0 Å². The van der Waals surface area contributed by atoms with Crippen molar-refractivity contribution < 1.29 is 13.9 Å². The fraction of sp³-hybridized carbons (Fsp3) is 0.0606. The average molecular weight is 594 g/mol. The number of aromatic nitrogens is 2. The average Bonchev–Trinajstić information content (AvgIpc) is 3.43. The van der Waals surface area contributed by atoms with Crippen molar-refractivity contribution in [1.82, 2.24) is 9.55 Å². The highest BCUT2D eigenvalue weighted by Crippen LogP contribution is 2.33. The minimum absolute atomic E-state index is 0.0483. The Morgan fingerprint density at radius 2 is 1.62 bits per heavy atom. The highest BCUT2D eigenvalue weighted by Gasteiger charge is 2.19. The number of anilines is 1. The molecule has 9 heteroatoms. The first-order valence-electron chi connectivity index (χ1n) is 13.1. The van der Waals surface area contributed by atoms with Gasteiger partial charge in [-0.05, 0) is 47.5 Å². The molecule has 6 nitrogen and oxygen atoms in total. The van der Waals surface area contributed by atoms with Gasteiger partial charge >= 0.3 is 0 Å². The second kappa shape index (κ2) is 12.4. The summed E-state index contributed by atoms with van der Waals surface area (Å²) in [5, 5.41) is 5.70. The molecule has 0 spiro atoms. The Morgan fingerprint density at radius 1 is 0.905 bits per heavy atom. The normalized spacial score (nSPS) is 11.0. The van der Waals surface area contributed by atoms with Crippen LogP contribution in [0.1, 0.15) is 5.56 Å². The number of hydrogen-bond donors (Lipinski definition) is 1. The van der Waals surface area contributed by atoms with Crippen molar-refractivity contribution in [2.45, 2.75) is 11.7 Å². The van der Waals surface area contributed by atoms with E-state index in [1.54, 1.807) is 28.8 Å². The highest BCUT2D eigenvalue weighted by molar-refractivity contribution is 7.99. The number of thiophene rings is 1. The van der Waals surface area contributed by atoms with E-state index in [-0.39, 0.29) is 23.0 Å². The number of thioether (sulfide) groups is 1. The molecule has 0 saturated heterocycles. The van der Waals surface area contributed by atoms with E-state index in [1.165, 1.54) is 35.2 Å². The number of para-hydroxylation sites is 1. The number of benzene rings is 4. The molecule has 6 rings (SSSR count). The predicted octanol–water partition coefficient (Wildman–Crippen LogP) is 7.84. The molecule has 4 aromatic carbocycles. The van der Waals surface area contributed by atoms with Gasteiger partial charge in [0, 0.05) is 22.7 Å². The van der Waals surface area contributed by atoms with E-state index in [2.05, 4.69) is 5.32 Å². The van der Waals surface area contributed by atoms with Gasteiger partial charge in [0.25, 0.3) is 5.56 Å². The monoisotopic (exact) mass is 593 g/mol. The zero-order valence-corrected chi connectivity index (χ0v) is 23.8. The van der Waals surface area contributed by atoms with Crippen LogP contribution in [0.15, 0.2) is 125 Å². The first-order valence-corrected chi connectivity index (χ1v) is 15.0. The van der Waals surface area contributed by atoms with Gasteiger partial charge < -0.3 is 10.1 Å². The molecule has 0 atom stereocenters. The summed E-state index contributed by atoms with van der Waals surface area (Å²) >= 11 is 2.55. The minimum atomic E-state index is -0.342. The minimum Gasteiger partial charge on any atom is -0.457 e. The Morgan fingerprint density at radius 3 is 2.38 bits per heavy atom. The van der Waals surface area contributed by atoms with Crippen molar-refractivity contribution in [2.75, 3.05) is 11.1 Å². The smallest absolute Gasteiger partial charge is 0.263 e. The number of amides is 1. The summed E-state index contributed by atoms with van der Waals surface area (Å²) in [5.74, 6) is 0.767. The van der Waals surface area contributed by atoms with Crippen LogP contribution < -0.4 is 15.6 Å². The number of fused-ring (bicyclic) bond motifs is 1. The van der Waals surface area contributed by atoms with Crippen LogP contribution in [0.4, 0.5) is 10.1 Å². The largest absolute Gasteiger partial charge is 0.457 e. The van der Waals surface area contributed by atoms with Crippen LogP contribution in [-0.2, 0) is 11.3 Å². The van der Waals surface area contributed by atoms with Gasteiger partial charge in [0.2, 0.25) is 5.91 Å². The summed E-state index contributed by atoms with van der Waals surface area (Å²) in [6, 6.07) is 32.3. The molecule has 2 aromatic heterocycles. The molecule has 42 heavy (non-hydrogen) atoms. The van der Waals surface area contributed by atoms with Gasteiger partial charge in [-0.3, -0.25) is 14.2 Å². The van der Waals surface area contributed by atoms with E-state index in [0.29, 0.717) is 44.7 Å². The maximum atomic E-state index is 13.9. The molecule has 0 aliphatic heterocycles. The third-order valence-corrected chi connectivity index (χ3v) is 8.28. The number of nitrogens with one attached hydrogen (secondary N) is 1. The molecule has 0 aliphatic rings. The molecule has 2 heterocycles. The van der Waals surface area contributed by atoms with Crippen LogP contribution in [0, 0.1) is 5.82 Å². The molecule has 1 N–H and O–H groups in total. The van der Waals surface area contributed by atoms with Gasteiger partial charge in [0.1, 0.15) is 22.1 Å². The fourth-order valence-corrected chi connectivity index (χ4v) is 6.24. The van der Waals surface area contributed by atoms with Crippen molar-refractivity contribution in [3.8, 4) is 22.6 Å².